The Morgan fingerprint density at radius 3 is 0.840 bits per heavy atom. The zero-order valence-corrected chi connectivity index (χ0v) is 29.9. The minimum absolute atomic E-state index is 1.15. The molecule has 0 saturated carbocycles. The van der Waals surface area contributed by atoms with Crippen LogP contribution in [0.2, 0.25) is 0 Å². The molecule has 7 aromatic carbocycles. The zero-order valence-electron chi connectivity index (χ0n) is 29.9. The molecule has 0 aliphatic rings. The maximum atomic E-state index is 2.36. The molecule has 0 atom stereocenters. The third-order valence-electron chi connectivity index (χ3n) is 9.57. The Bertz CT molecular complexity index is 1990. The molecule has 0 amide bonds. The molecule has 0 bridgehead atoms. The highest BCUT2D eigenvalue weighted by molar-refractivity contribution is 5.83. The summed E-state index contributed by atoms with van der Waals surface area (Å²) in [5, 5.41) is 0. The molecule has 0 fully saturated rings. The average Bonchev–Trinajstić information content (AvgIpc) is 3.13. The molecule has 2 heteroatoms. The van der Waals surface area contributed by atoms with Gasteiger partial charge in [-0.2, -0.15) is 0 Å². The van der Waals surface area contributed by atoms with E-state index < -0.39 is 0 Å². The molecule has 0 saturated heterocycles. The van der Waals surface area contributed by atoms with Gasteiger partial charge in [-0.1, -0.05) is 101 Å². The summed E-state index contributed by atoms with van der Waals surface area (Å²) < 4.78 is 0. The third-order valence-corrected chi connectivity index (χ3v) is 9.57. The molecule has 0 unspecified atom stereocenters. The molecule has 2 nitrogen and oxygen atoms in total. The van der Waals surface area contributed by atoms with Crippen LogP contribution in [0, 0.1) is 41.5 Å². The normalized spacial score (nSPS) is 11.0. The summed E-state index contributed by atoms with van der Waals surface area (Å²) in [6, 6.07) is 57.7. The Labute approximate surface area is 297 Å². The second kappa shape index (κ2) is 13.9. The summed E-state index contributed by atoms with van der Waals surface area (Å²) in [5.74, 6) is 0. The molecule has 7 rings (SSSR count). The highest BCUT2D eigenvalue weighted by Gasteiger charge is 2.17. The van der Waals surface area contributed by atoms with E-state index >= 15 is 0 Å². The Morgan fingerprint density at radius 1 is 0.280 bits per heavy atom. The van der Waals surface area contributed by atoms with Crippen LogP contribution in [0.5, 0.6) is 0 Å². The molecule has 0 aliphatic heterocycles. The molecule has 0 N–H and O–H groups in total. The Hall–Kier alpha value is -5.86. The van der Waals surface area contributed by atoms with Gasteiger partial charge in [0.15, 0.2) is 0 Å². The predicted octanol–water partition coefficient (Wildman–Crippen LogP) is 13.8. The van der Waals surface area contributed by atoms with Crippen molar-refractivity contribution in [3.63, 3.8) is 0 Å². The molecule has 0 aliphatic carbocycles. The first kappa shape index (κ1) is 32.7. The van der Waals surface area contributed by atoms with Gasteiger partial charge >= 0.3 is 0 Å². The second-order valence-corrected chi connectivity index (χ2v) is 13.6. The van der Waals surface area contributed by atoms with Crippen molar-refractivity contribution in [2.75, 3.05) is 9.80 Å². The number of rotatable bonds is 8. The van der Waals surface area contributed by atoms with Crippen LogP contribution < -0.4 is 9.80 Å². The fourth-order valence-electron chi connectivity index (χ4n) is 6.68. The van der Waals surface area contributed by atoms with Crippen LogP contribution >= 0.6 is 0 Å². The smallest absolute Gasteiger partial charge is 0.0491 e. The minimum Gasteiger partial charge on any atom is -0.310 e. The molecule has 7 aromatic rings. The highest BCUT2D eigenvalue weighted by atomic mass is 15.1. The molecule has 0 heterocycles. The summed E-state index contributed by atoms with van der Waals surface area (Å²) in [6.07, 6.45) is 0. The Balaban J connectivity index is 1.22. The van der Waals surface area contributed by atoms with E-state index in [0.29, 0.717) is 0 Å². The van der Waals surface area contributed by atoms with Crippen LogP contribution in [0.1, 0.15) is 33.4 Å². The lowest BCUT2D eigenvalue weighted by molar-refractivity contribution is 1.24. The lowest BCUT2D eigenvalue weighted by Gasteiger charge is -2.28. The van der Waals surface area contributed by atoms with E-state index in [2.05, 4.69) is 209 Å². The SMILES string of the molecule is Cc1ccc(N(c2ccc(C)cc2)c2ccc(-c3cccc(-c4ccc(N(c5ccc(C)cc5)c5ccc(C)cc5)c(C)c4)c3)cc2C)cc1. The molecule has 0 spiro atoms. The van der Waals surface area contributed by atoms with Gasteiger partial charge in [0.25, 0.3) is 0 Å². The van der Waals surface area contributed by atoms with Crippen molar-refractivity contribution < 1.29 is 0 Å². The summed E-state index contributed by atoms with van der Waals surface area (Å²) in [6.45, 7) is 13.0. The van der Waals surface area contributed by atoms with E-state index in [0.717, 1.165) is 22.7 Å². The lowest BCUT2D eigenvalue weighted by atomic mass is 9.96. The quantitative estimate of drug-likeness (QED) is 0.162. The van der Waals surface area contributed by atoms with E-state index in [1.165, 1.54) is 67.0 Å². The molecule has 50 heavy (non-hydrogen) atoms. The number of hydrogen-bond acceptors (Lipinski definition) is 2. The van der Waals surface area contributed by atoms with Crippen molar-refractivity contribution in [3.05, 3.63) is 191 Å². The maximum Gasteiger partial charge on any atom is 0.0491 e. The van der Waals surface area contributed by atoms with E-state index in [-0.39, 0.29) is 0 Å². The van der Waals surface area contributed by atoms with Gasteiger partial charge in [0.1, 0.15) is 0 Å². The number of hydrogen-bond donors (Lipinski definition) is 0. The molecular formula is C48H44N2. The van der Waals surface area contributed by atoms with Crippen molar-refractivity contribution in [2.24, 2.45) is 0 Å². The van der Waals surface area contributed by atoms with Crippen LogP contribution in [0.4, 0.5) is 34.1 Å². The van der Waals surface area contributed by atoms with Crippen molar-refractivity contribution in [1.82, 2.24) is 0 Å². The van der Waals surface area contributed by atoms with Gasteiger partial charge < -0.3 is 9.80 Å². The van der Waals surface area contributed by atoms with Crippen molar-refractivity contribution in [1.29, 1.82) is 0 Å². The highest BCUT2D eigenvalue weighted by Crippen LogP contribution is 2.40. The van der Waals surface area contributed by atoms with Crippen LogP contribution in [0.3, 0.4) is 0 Å². The van der Waals surface area contributed by atoms with Gasteiger partial charge in [-0.25, -0.2) is 0 Å². The minimum atomic E-state index is 1.15. The molecule has 0 aromatic heterocycles. The first-order valence-electron chi connectivity index (χ1n) is 17.4. The number of aryl methyl sites for hydroxylation is 6. The molecule has 246 valence electrons. The zero-order chi connectivity index (χ0) is 34.8. The number of nitrogens with zero attached hydrogens (tertiary/aromatic N) is 2. The van der Waals surface area contributed by atoms with Crippen molar-refractivity contribution in [3.8, 4) is 22.3 Å². The van der Waals surface area contributed by atoms with E-state index in [4.69, 9.17) is 0 Å². The van der Waals surface area contributed by atoms with E-state index in [9.17, 15) is 0 Å². The summed E-state index contributed by atoms with van der Waals surface area (Å²) in [5.41, 5.74) is 19.3. The third kappa shape index (κ3) is 6.84. The van der Waals surface area contributed by atoms with Crippen LogP contribution in [-0.4, -0.2) is 0 Å². The van der Waals surface area contributed by atoms with Crippen LogP contribution in [0.15, 0.2) is 158 Å². The first-order chi connectivity index (χ1) is 24.2. The molecule has 0 radical (unpaired) electrons. The summed E-state index contributed by atoms with van der Waals surface area (Å²) >= 11 is 0. The van der Waals surface area contributed by atoms with Crippen molar-refractivity contribution >= 4 is 34.1 Å². The van der Waals surface area contributed by atoms with Crippen LogP contribution in [0.25, 0.3) is 22.3 Å². The average molecular weight is 649 g/mol. The van der Waals surface area contributed by atoms with Crippen molar-refractivity contribution in [2.45, 2.75) is 41.5 Å². The van der Waals surface area contributed by atoms with Gasteiger partial charge in [0.05, 0.1) is 0 Å². The summed E-state index contributed by atoms with van der Waals surface area (Å²) in [4.78, 5) is 4.71. The van der Waals surface area contributed by atoms with E-state index in [1.54, 1.807) is 0 Å². The van der Waals surface area contributed by atoms with E-state index in [1.807, 2.05) is 0 Å². The first-order valence-corrected chi connectivity index (χ1v) is 17.4. The predicted molar refractivity (Wildman–Crippen MR) is 215 cm³/mol. The fraction of sp³-hybridized carbons (Fsp3) is 0.125. The maximum absolute atomic E-state index is 2.36. The van der Waals surface area contributed by atoms with Crippen LogP contribution in [-0.2, 0) is 0 Å². The number of benzene rings is 7. The Kier molecular flexibility index (Phi) is 9.11. The Morgan fingerprint density at radius 2 is 0.560 bits per heavy atom. The monoisotopic (exact) mass is 648 g/mol. The van der Waals surface area contributed by atoms with Gasteiger partial charge in [-0.15, -0.1) is 0 Å². The summed E-state index contributed by atoms with van der Waals surface area (Å²) in [7, 11) is 0. The fourth-order valence-corrected chi connectivity index (χ4v) is 6.68. The van der Waals surface area contributed by atoms with Gasteiger partial charge in [-0.3, -0.25) is 0 Å². The lowest BCUT2D eigenvalue weighted by Crippen LogP contribution is -2.11. The molecular weight excluding hydrogens is 605 g/mol. The number of anilines is 6. The standard InChI is InChI=1S/C48H44N2/c1-33-10-20-43(21-11-33)49(44-22-12-34(2)13-23-44)47-28-18-41(30-37(47)5)39-8-7-9-40(32-39)42-19-29-48(38(6)31-42)50(45-24-14-35(3)15-25-45)46-26-16-36(4)17-27-46/h7-32H,1-6H3. The topological polar surface area (TPSA) is 6.48 Å². The largest absolute Gasteiger partial charge is 0.310 e. The second-order valence-electron chi connectivity index (χ2n) is 13.6. The van der Waals surface area contributed by atoms with Gasteiger partial charge in [0, 0.05) is 34.1 Å². The van der Waals surface area contributed by atoms with Gasteiger partial charge in [-0.05, 0) is 154 Å². The van der Waals surface area contributed by atoms with Gasteiger partial charge in [0.2, 0.25) is 0 Å².